The molecule has 0 fully saturated rings. The summed E-state index contributed by atoms with van der Waals surface area (Å²) in [6, 6.07) is 1.60. The van der Waals surface area contributed by atoms with Crippen LogP contribution in [0, 0.1) is 0 Å². The van der Waals surface area contributed by atoms with E-state index in [4.69, 9.17) is 10.4 Å². The van der Waals surface area contributed by atoms with Crippen LogP contribution in [0.25, 0.3) is 0 Å². The Morgan fingerprint density at radius 3 is 2.50 bits per heavy atom. The number of thiophene rings is 1. The standard InChI is InChI=1S/C4H5NO2S/c6-5(7)4-1-2-8-3-4/h1-3,6-7H. The van der Waals surface area contributed by atoms with E-state index in [2.05, 4.69) is 0 Å². The molecule has 0 saturated heterocycles. The topological polar surface area (TPSA) is 43.7 Å². The predicted molar refractivity (Wildman–Crippen MR) is 30.4 cm³/mol. The molecule has 0 spiro atoms. The third-order valence-corrected chi connectivity index (χ3v) is 1.41. The molecule has 0 atom stereocenters. The molecule has 0 aliphatic rings. The molecule has 8 heavy (non-hydrogen) atoms. The minimum Gasteiger partial charge on any atom is -0.264 e. The number of hydrogen-bond donors (Lipinski definition) is 2. The predicted octanol–water partition coefficient (Wildman–Crippen LogP) is 1.33. The van der Waals surface area contributed by atoms with Gasteiger partial charge in [0.05, 0.1) is 0 Å². The van der Waals surface area contributed by atoms with Crippen LogP contribution < -0.4 is 5.23 Å². The quantitative estimate of drug-likeness (QED) is 0.565. The first-order chi connectivity index (χ1) is 3.80. The molecule has 1 rings (SSSR count). The van der Waals surface area contributed by atoms with Gasteiger partial charge in [0.25, 0.3) is 0 Å². The van der Waals surface area contributed by atoms with Crippen LogP contribution in [-0.2, 0) is 0 Å². The molecule has 0 radical (unpaired) electrons. The van der Waals surface area contributed by atoms with Crippen molar-refractivity contribution >= 4 is 17.0 Å². The van der Waals surface area contributed by atoms with E-state index in [1.54, 1.807) is 16.8 Å². The molecule has 0 bridgehead atoms. The maximum atomic E-state index is 8.31. The molecule has 1 aromatic rings. The monoisotopic (exact) mass is 131 g/mol. The maximum absolute atomic E-state index is 8.31. The molecule has 44 valence electrons. The molecule has 0 aromatic carbocycles. The minimum atomic E-state index is 0.0938. The van der Waals surface area contributed by atoms with E-state index in [9.17, 15) is 0 Å². The van der Waals surface area contributed by atoms with Crippen LogP contribution >= 0.6 is 11.3 Å². The van der Waals surface area contributed by atoms with Gasteiger partial charge in [-0.1, -0.05) is 0 Å². The highest BCUT2D eigenvalue weighted by Crippen LogP contribution is 2.13. The summed E-state index contributed by atoms with van der Waals surface area (Å²) in [6.45, 7) is 0. The summed E-state index contributed by atoms with van der Waals surface area (Å²) in [7, 11) is 0. The Kier molecular flexibility index (Phi) is 1.48. The van der Waals surface area contributed by atoms with Gasteiger partial charge < -0.3 is 0 Å². The second-order valence-electron chi connectivity index (χ2n) is 1.27. The van der Waals surface area contributed by atoms with E-state index in [-0.39, 0.29) is 5.23 Å². The maximum Gasteiger partial charge on any atom is 0.105 e. The Morgan fingerprint density at radius 2 is 2.25 bits per heavy atom. The van der Waals surface area contributed by atoms with E-state index in [0.717, 1.165) is 0 Å². The normalized spacial score (nSPS) is 9.25. The Labute approximate surface area is 50.3 Å². The second kappa shape index (κ2) is 2.13. The minimum absolute atomic E-state index is 0.0938. The third-order valence-electron chi connectivity index (χ3n) is 0.737. The summed E-state index contributed by atoms with van der Waals surface area (Å²) < 4.78 is 0. The molecule has 0 unspecified atom stereocenters. The SMILES string of the molecule is ON(O)c1ccsc1. The molecular formula is C4H5NO2S. The van der Waals surface area contributed by atoms with Gasteiger partial charge in [0.2, 0.25) is 0 Å². The molecular weight excluding hydrogens is 126 g/mol. The van der Waals surface area contributed by atoms with Crippen LogP contribution in [0.1, 0.15) is 0 Å². The first kappa shape index (κ1) is 5.55. The zero-order valence-corrected chi connectivity index (χ0v) is 4.80. The Balaban J connectivity index is 2.77. The fraction of sp³-hybridized carbons (Fsp3) is 0. The van der Waals surface area contributed by atoms with Crippen LogP contribution in [0.3, 0.4) is 0 Å². The summed E-state index contributed by atoms with van der Waals surface area (Å²) in [4.78, 5) is 0. The molecule has 1 heterocycles. The van der Waals surface area contributed by atoms with Crippen molar-refractivity contribution in [2.45, 2.75) is 0 Å². The van der Waals surface area contributed by atoms with Crippen molar-refractivity contribution in [1.82, 2.24) is 0 Å². The van der Waals surface area contributed by atoms with Crippen molar-refractivity contribution < 1.29 is 10.4 Å². The van der Waals surface area contributed by atoms with Gasteiger partial charge in [0, 0.05) is 5.38 Å². The largest absolute Gasteiger partial charge is 0.264 e. The molecule has 1 aromatic heterocycles. The Bertz CT molecular complexity index is 149. The summed E-state index contributed by atoms with van der Waals surface area (Å²) >= 11 is 1.41. The van der Waals surface area contributed by atoms with Crippen molar-refractivity contribution in [2.24, 2.45) is 0 Å². The zero-order chi connectivity index (χ0) is 5.98. The first-order valence-electron chi connectivity index (χ1n) is 2.01. The van der Waals surface area contributed by atoms with Crippen LogP contribution in [0.2, 0.25) is 0 Å². The summed E-state index contributed by atoms with van der Waals surface area (Å²) in [5.74, 6) is 0. The molecule has 2 N–H and O–H groups in total. The smallest absolute Gasteiger partial charge is 0.105 e. The lowest BCUT2D eigenvalue weighted by Gasteiger charge is -2.01. The highest BCUT2D eigenvalue weighted by molar-refractivity contribution is 7.08. The van der Waals surface area contributed by atoms with Crippen molar-refractivity contribution in [3.63, 3.8) is 0 Å². The summed E-state index contributed by atoms with van der Waals surface area (Å²) in [5, 5.41) is 20.1. The van der Waals surface area contributed by atoms with Gasteiger partial charge in [-0.25, -0.2) is 0 Å². The number of hydrogen-bond acceptors (Lipinski definition) is 4. The Hall–Kier alpha value is -0.580. The fourth-order valence-electron chi connectivity index (χ4n) is 0.371. The molecule has 0 amide bonds. The van der Waals surface area contributed by atoms with Crippen LogP contribution in [-0.4, -0.2) is 10.4 Å². The second-order valence-corrected chi connectivity index (χ2v) is 2.05. The fourth-order valence-corrected chi connectivity index (χ4v) is 0.980. The van der Waals surface area contributed by atoms with Gasteiger partial charge in [-0.05, 0) is 11.4 Å². The van der Waals surface area contributed by atoms with Gasteiger partial charge in [0.1, 0.15) is 5.69 Å². The van der Waals surface area contributed by atoms with E-state index in [1.165, 1.54) is 11.3 Å². The van der Waals surface area contributed by atoms with Crippen LogP contribution in [0.5, 0.6) is 0 Å². The van der Waals surface area contributed by atoms with E-state index in [0.29, 0.717) is 5.69 Å². The van der Waals surface area contributed by atoms with E-state index < -0.39 is 0 Å². The van der Waals surface area contributed by atoms with Gasteiger partial charge in [-0.3, -0.25) is 10.4 Å². The van der Waals surface area contributed by atoms with Crippen LogP contribution in [0.4, 0.5) is 5.69 Å². The van der Waals surface area contributed by atoms with Gasteiger partial charge in [0.15, 0.2) is 0 Å². The summed E-state index contributed by atoms with van der Waals surface area (Å²) in [6.07, 6.45) is 0. The molecule has 4 heteroatoms. The van der Waals surface area contributed by atoms with E-state index in [1.807, 2.05) is 0 Å². The number of anilines is 1. The lowest BCUT2D eigenvalue weighted by atomic mass is 10.6. The van der Waals surface area contributed by atoms with Crippen molar-refractivity contribution in [3.8, 4) is 0 Å². The lowest BCUT2D eigenvalue weighted by Crippen LogP contribution is -2.09. The lowest BCUT2D eigenvalue weighted by molar-refractivity contribution is 0.0294. The van der Waals surface area contributed by atoms with Gasteiger partial charge in [-0.15, -0.1) is 5.23 Å². The van der Waals surface area contributed by atoms with E-state index >= 15 is 0 Å². The zero-order valence-electron chi connectivity index (χ0n) is 3.98. The van der Waals surface area contributed by atoms with Crippen LogP contribution in [0.15, 0.2) is 16.8 Å². The summed E-state index contributed by atoms with van der Waals surface area (Å²) in [5.41, 5.74) is 0.398. The average molecular weight is 131 g/mol. The van der Waals surface area contributed by atoms with Crippen molar-refractivity contribution in [2.75, 3.05) is 5.23 Å². The van der Waals surface area contributed by atoms with Crippen molar-refractivity contribution in [3.05, 3.63) is 16.8 Å². The molecule has 0 saturated carbocycles. The highest BCUT2D eigenvalue weighted by Gasteiger charge is 1.94. The average Bonchev–Trinajstić information content (AvgIpc) is 2.12. The number of nitrogens with zero attached hydrogens (tertiary/aromatic N) is 1. The van der Waals surface area contributed by atoms with Gasteiger partial charge >= 0.3 is 0 Å². The Morgan fingerprint density at radius 1 is 1.50 bits per heavy atom. The first-order valence-corrected chi connectivity index (χ1v) is 2.95. The number of rotatable bonds is 1. The van der Waals surface area contributed by atoms with Crippen molar-refractivity contribution in [1.29, 1.82) is 0 Å². The third kappa shape index (κ3) is 0.975. The molecule has 0 aliphatic heterocycles. The molecule has 3 nitrogen and oxygen atoms in total. The van der Waals surface area contributed by atoms with Gasteiger partial charge in [-0.2, -0.15) is 11.3 Å². The highest BCUT2D eigenvalue weighted by atomic mass is 32.1. The molecule has 0 aliphatic carbocycles.